The highest BCUT2D eigenvalue weighted by atomic mass is 32.1. The second kappa shape index (κ2) is 9.11. The molecule has 0 bridgehead atoms. The first kappa shape index (κ1) is 22.0. The molecule has 3 aromatic rings. The van der Waals surface area contributed by atoms with Gasteiger partial charge in [0.1, 0.15) is 10.5 Å². The number of hydrogen-bond donors (Lipinski definition) is 2. The summed E-state index contributed by atoms with van der Waals surface area (Å²) >= 11 is 1.38. The fourth-order valence-corrected chi connectivity index (χ4v) is 4.54. The number of aryl methyl sites for hydroxylation is 1. The summed E-state index contributed by atoms with van der Waals surface area (Å²) in [6.45, 7) is 6.87. The zero-order valence-electron chi connectivity index (χ0n) is 18.1. The van der Waals surface area contributed by atoms with Gasteiger partial charge in [-0.1, -0.05) is 0 Å². The molecule has 1 fully saturated rings. The first-order valence-electron chi connectivity index (χ1n) is 10.4. The molecule has 2 unspecified atom stereocenters. The van der Waals surface area contributed by atoms with Gasteiger partial charge in [-0.15, -0.1) is 11.3 Å². The topological polar surface area (TPSA) is 113 Å². The number of nitrogens with zero attached hydrogens (tertiary/aromatic N) is 5. The van der Waals surface area contributed by atoms with Gasteiger partial charge in [-0.3, -0.25) is 14.6 Å². The second-order valence-corrected chi connectivity index (χ2v) is 9.13. The average molecular weight is 458 g/mol. The number of amides is 2. The van der Waals surface area contributed by atoms with Crippen LogP contribution in [0.4, 0.5) is 10.3 Å². The van der Waals surface area contributed by atoms with Gasteiger partial charge in [-0.25, -0.2) is 14.4 Å². The summed E-state index contributed by atoms with van der Waals surface area (Å²) in [5.41, 5.74) is 1.39. The Morgan fingerprint density at radius 1 is 1.31 bits per heavy atom. The maximum absolute atomic E-state index is 13.5. The fraction of sp³-hybridized carbons (Fsp3) is 0.429. The molecule has 3 aromatic heterocycles. The summed E-state index contributed by atoms with van der Waals surface area (Å²) < 4.78 is 14.2. The molecule has 0 radical (unpaired) electrons. The van der Waals surface area contributed by atoms with Crippen molar-refractivity contribution < 1.29 is 14.0 Å². The van der Waals surface area contributed by atoms with E-state index >= 15 is 0 Å². The third-order valence-electron chi connectivity index (χ3n) is 5.35. The Morgan fingerprint density at radius 3 is 2.88 bits per heavy atom. The summed E-state index contributed by atoms with van der Waals surface area (Å²) in [6.07, 6.45) is 3.53. The van der Waals surface area contributed by atoms with E-state index in [9.17, 15) is 14.0 Å². The molecule has 2 amide bonds. The summed E-state index contributed by atoms with van der Waals surface area (Å²) in [4.78, 5) is 43.6. The Hall–Kier alpha value is -3.21. The Kier molecular flexibility index (Phi) is 6.26. The van der Waals surface area contributed by atoms with Crippen LogP contribution in [0.2, 0.25) is 0 Å². The van der Waals surface area contributed by atoms with Crippen LogP contribution < -0.4 is 10.6 Å². The van der Waals surface area contributed by atoms with E-state index in [2.05, 4.69) is 30.6 Å². The van der Waals surface area contributed by atoms with Gasteiger partial charge in [0.15, 0.2) is 11.3 Å². The van der Waals surface area contributed by atoms with E-state index in [0.29, 0.717) is 41.2 Å². The molecule has 9 nitrogen and oxygen atoms in total. The third-order valence-corrected chi connectivity index (χ3v) is 6.31. The molecule has 11 heteroatoms. The molecule has 0 saturated carbocycles. The monoisotopic (exact) mass is 457 g/mol. The van der Waals surface area contributed by atoms with Crippen LogP contribution in [0, 0.1) is 18.7 Å². The highest BCUT2D eigenvalue weighted by molar-refractivity contribution is 7.18. The quantitative estimate of drug-likeness (QED) is 0.585. The molecule has 4 heterocycles. The van der Waals surface area contributed by atoms with Crippen LogP contribution in [0.1, 0.15) is 47.4 Å². The molecule has 2 N–H and O–H groups in total. The van der Waals surface area contributed by atoms with Crippen LogP contribution in [0.25, 0.3) is 10.3 Å². The average Bonchev–Trinajstić information content (AvgIpc) is 3.37. The molecular formula is C21H24FN7O2S. The van der Waals surface area contributed by atoms with Crippen molar-refractivity contribution in [2.75, 3.05) is 25.0 Å². The first-order valence-corrected chi connectivity index (χ1v) is 11.2. The van der Waals surface area contributed by atoms with E-state index in [4.69, 9.17) is 0 Å². The highest BCUT2D eigenvalue weighted by Gasteiger charge is 2.30. The Morgan fingerprint density at radius 2 is 2.12 bits per heavy atom. The standard InChI is InChI=1S/C21H24FN7O2S/c1-11(15-6-16(22)9-23-8-15)25-21-27-17(18-19(28-21)26-13(3)32-18)20(31)29-5-4-14(10-29)7-24-12(2)30/h6,8-9,11,14H,4-5,7,10H2,1-3H3,(H,24,30)(H,25,27,28). The zero-order chi connectivity index (χ0) is 22.8. The first-order chi connectivity index (χ1) is 15.3. The van der Waals surface area contributed by atoms with Crippen LogP contribution in [0.3, 0.4) is 0 Å². The number of fused-ring (bicyclic) bond motifs is 1. The lowest BCUT2D eigenvalue weighted by Crippen LogP contribution is -2.32. The molecule has 0 spiro atoms. The van der Waals surface area contributed by atoms with Crippen molar-refractivity contribution in [3.05, 3.63) is 40.5 Å². The number of halogens is 1. The number of hydrogen-bond acceptors (Lipinski definition) is 8. The predicted molar refractivity (Wildman–Crippen MR) is 119 cm³/mol. The minimum Gasteiger partial charge on any atom is -0.356 e. The number of nitrogens with one attached hydrogen (secondary N) is 2. The maximum atomic E-state index is 13.5. The van der Waals surface area contributed by atoms with Crippen molar-refractivity contribution in [3.63, 3.8) is 0 Å². The second-order valence-electron chi connectivity index (χ2n) is 7.93. The molecule has 2 atom stereocenters. The Bertz CT molecular complexity index is 1170. The van der Waals surface area contributed by atoms with E-state index in [-0.39, 0.29) is 29.7 Å². The van der Waals surface area contributed by atoms with Crippen molar-refractivity contribution in [3.8, 4) is 0 Å². The van der Waals surface area contributed by atoms with Gasteiger partial charge in [0.2, 0.25) is 11.9 Å². The minimum atomic E-state index is -0.429. The Labute approximate surface area is 188 Å². The number of thiazole rings is 1. The lowest BCUT2D eigenvalue weighted by atomic mass is 10.1. The molecule has 1 saturated heterocycles. The van der Waals surface area contributed by atoms with Crippen molar-refractivity contribution in [2.45, 2.75) is 33.2 Å². The molecule has 4 rings (SSSR count). The van der Waals surface area contributed by atoms with Gasteiger partial charge < -0.3 is 15.5 Å². The van der Waals surface area contributed by atoms with Crippen LogP contribution >= 0.6 is 11.3 Å². The van der Waals surface area contributed by atoms with Crippen LogP contribution in [-0.2, 0) is 4.79 Å². The summed E-state index contributed by atoms with van der Waals surface area (Å²) in [6, 6.07) is 1.06. The SMILES string of the molecule is CC(=O)NCC1CCN(C(=O)c2nc(NC(C)c3cncc(F)c3)nc3nc(C)sc23)C1. The number of aromatic nitrogens is 4. The van der Waals surface area contributed by atoms with Crippen molar-refractivity contribution in [1.82, 2.24) is 30.2 Å². The predicted octanol–water partition coefficient (Wildman–Crippen LogP) is 2.70. The van der Waals surface area contributed by atoms with Crippen LogP contribution in [0.15, 0.2) is 18.5 Å². The lowest BCUT2D eigenvalue weighted by Gasteiger charge is -2.18. The van der Waals surface area contributed by atoms with E-state index in [1.165, 1.54) is 24.3 Å². The van der Waals surface area contributed by atoms with E-state index in [0.717, 1.165) is 17.6 Å². The Balaban J connectivity index is 1.58. The molecule has 1 aliphatic heterocycles. The van der Waals surface area contributed by atoms with Gasteiger partial charge >= 0.3 is 0 Å². The largest absolute Gasteiger partial charge is 0.356 e. The summed E-state index contributed by atoms with van der Waals surface area (Å²) in [5.74, 6) is -0.236. The molecule has 168 valence electrons. The highest BCUT2D eigenvalue weighted by Crippen LogP contribution is 2.28. The van der Waals surface area contributed by atoms with Gasteiger partial charge in [-0.05, 0) is 37.8 Å². The summed E-state index contributed by atoms with van der Waals surface area (Å²) in [7, 11) is 0. The van der Waals surface area contributed by atoms with Crippen LogP contribution in [-0.4, -0.2) is 56.3 Å². The maximum Gasteiger partial charge on any atom is 0.274 e. The van der Waals surface area contributed by atoms with Crippen molar-refractivity contribution in [2.24, 2.45) is 5.92 Å². The van der Waals surface area contributed by atoms with Crippen molar-refractivity contribution >= 4 is 39.4 Å². The number of carbonyl (C=O) groups excluding carboxylic acids is 2. The minimum absolute atomic E-state index is 0.0780. The number of rotatable bonds is 6. The van der Waals surface area contributed by atoms with Gasteiger partial charge in [-0.2, -0.15) is 4.98 Å². The normalized spacial score (nSPS) is 16.9. The third kappa shape index (κ3) is 4.82. The molecular weight excluding hydrogens is 433 g/mol. The van der Waals surface area contributed by atoms with Crippen molar-refractivity contribution in [1.29, 1.82) is 0 Å². The molecule has 0 aliphatic carbocycles. The van der Waals surface area contributed by atoms with Gasteiger partial charge in [0.25, 0.3) is 5.91 Å². The zero-order valence-corrected chi connectivity index (χ0v) is 18.9. The molecule has 0 aromatic carbocycles. The van der Waals surface area contributed by atoms with E-state index in [1.54, 1.807) is 11.1 Å². The number of carbonyl (C=O) groups is 2. The van der Waals surface area contributed by atoms with E-state index < -0.39 is 5.82 Å². The smallest absolute Gasteiger partial charge is 0.274 e. The van der Waals surface area contributed by atoms with Gasteiger partial charge in [0.05, 0.1) is 17.2 Å². The van der Waals surface area contributed by atoms with Crippen LogP contribution in [0.5, 0.6) is 0 Å². The summed E-state index contributed by atoms with van der Waals surface area (Å²) in [5, 5.41) is 6.73. The molecule has 1 aliphatic rings. The van der Waals surface area contributed by atoms with E-state index in [1.807, 2.05) is 13.8 Å². The fourth-order valence-electron chi connectivity index (χ4n) is 3.70. The number of pyridine rings is 1. The number of anilines is 1. The molecule has 32 heavy (non-hydrogen) atoms. The number of likely N-dealkylation sites (tertiary alicyclic amines) is 1. The lowest BCUT2D eigenvalue weighted by molar-refractivity contribution is -0.119. The van der Waals surface area contributed by atoms with Gasteiger partial charge in [0, 0.05) is 32.8 Å².